The molecule has 0 radical (unpaired) electrons. The van der Waals surface area contributed by atoms with Gasteiger partial charge in [-0.3, -0.25) is 9.69 Å². The second-order valence-electron chi connectivity index (χ2n) is 10.3. The average Bonchev–Trinajstić information content (AvgIpc) is 3.42. The van der Waals surface area contributed by atoms with Gasteiger partial charge in [0.25, 0.3) is 5.56 Å². The van der Waals surface area contributed by atoms with Crippen LogP contribution in [0, 0.1) is 13.8 Å². The normalized spacial score (nSPS) is 12.2. The van der Waals surface area contributed by atoms with Gasteiger partial charge in [-0.15, -0.1) is 5.10 Å². The van der Waals surface area contributed by atoms with Gasteiger partial charge in [0, 0.05) is 24.2 Å². The number of tetrazole rings is 1. The molecular weight excluding hydrogens is 500 g/mol. The number of aromatic nitrogens is 5. The number of benzene rings is 3. The molecule has 0 aliphatic carbocycles. The predicted octanol–water partition coefficient (Wildman–Crippen LogP) is 5.38. The summed E-state index contributed by atoms with van der Waals surface area (Å²) in [5.41, 5.74) is 6.23. The number of fused-ring (bicyclic) bond motifs is 1. The standard InChI is InChI=1S/C32H36N6O2/c1-5-30(31-34-35-36-38(31)20-25-11-13-28(40-4)14-12-25)37(16-15-24-9-7-6-8-10-24)21-27-19-26-17-22(2)23(3)18-29(26)33-32(27)39/h6-14,17-19,30H,5,15-16,20-21H2,1-4H3,(H,33,39)/t30-/m1/s1. The fraction of sp³-hybridized carbons (Fsp3) is 0.312. The maximum absolute atomic E-state index is 13.3. The molecule has 0 aliphatic heterocycles. The highest BCUT2D eigenvalue weighted by atomic mass is 16.5. The van der Waals surface area contributed by atoms with Crippen molar-refractivity contribution in [3.05, 3.63) is 117 Å². The number of rotatable bonds is 11. The van der Waals surface area contributed by atoms with Crippen LogP contribution in [-0.4, -0.2) is 43.7 Å². The largest absolute Gasteiger partial charge is 0.497 e. The SMILES string of the molecule is CC[C@H](c1nnnn1Cc1ccc(OC)cc1)N(CCc1ccccc1)Cc1cc2cc(C)c(C)cc2[nH]c1=O. The van der Waals surface area contributed by atoms with Crippen molar-refractivity contribution < 1.29 is 4.74 Å². The Kier molecular flexibility index (Phi) is 8.36. The van der Waals surface area contributed by atoms with Crippen LogP contribution in [0.1, 0.15) is 53.0 Å². The molecule has 8 heteroatoms. The van der Waals surface area contributed by atoms with E-state index < -0.39 is 0 Å². The zero-order valence-electron chi connectivity index (χ0n) is 23.6. The molecule has 0 unspecified atom stereocenters. The van der Waals surface area contributed by atoms with Gasteiger partial charge in [-0.25, -0.2) is 4.68 Å². The van der Waals surface area contributed by atoms with E-state index in [2.05, 4.69) is 76.5 Å². The fourth-order valence-corrected chi connectivity index (χ4v) is 5.19. The molecule has 5 aromatic rings. The molecule has 206 valence electrons. The third-order valence-corrected chi connectivity index (χ3v) is 7.62. The highest BCUT2D eigenvalue weighted by Gasteiger charge is 2.26. The van der Waals surface area contributed by atoms with Crippen LogP contribution in [0.15, 0.2) is 77.6 Å². The third-order valence-electron chi connectivity index (χ3n) is 7.62. The van der Waals surface area contributed by atoms with E-state index in [-0.39, 0.29) is 11.6 Å². The van der Waals surface area contributed by atoms with Crippen molar-refractivity contribution in [1.29, 1.82) is 0 Å². The monoisotopic (exact) mass is 536 g/mol. The Hall–Kier alpha value is -4.30. The van der Waals surface area contributed by atoms with Gasteiger partial charge in [0.05, 0.1) is 19.7 Å². The summed E-state index contributed by atoms with van der Waals surface area (Å²) in [6, 6.07) is 24.5. The summed E-state index contributed by atoms with van der Waals surface area (Å²) in [7, 11) is 1.66. The van der Waals surface area contributed by atoms with Crippen molar-refractivity contribution in [3.63, 3.8) is 0 Å². The highest BCUT2D eigenvalue weighted by Crippen LogP contribution is 2.26. The van der Waals surface area contributed by atoms with Crippen LogP contribution in [0.25, 0.3) is 10.9 Å². The first kappa shape index (κ1) is 27.3. The summed E-state index contributed by atoms with van der Waals surface area (Å²) in [5, 5.41) is 13.9. The summed E-state index contributed by atoms with van der Waals surface area (Å²) in [4.78, 5) is 18.7. The van der Waals surface area contributed by atoms with E-state index in [4.69, 9.17) is 4.74 Å². The first-order valence-electron chi connectivity index (χ1n) is 13.7. The minimum Gasteiger partial charge on any atom is -0.497 e. The number of aryl methyl sites for hydroxylation is 2. The van der Waals surface area contributed by atoms with E-state index in [1.54, 1.807) is 7.11 Å². The quantitative estimate of drug-likeness (QED) is 0.244. The molecule has 40 heavy (non-hydrogen) atoms. The molecule has 0 saturated heterocycles. The number of H-pyrrole nitrogens is 1. The molecule has 1 N–H and O–H groups in total. The predicted molar refractivity (Wildman–Crippen MR) is 158 cm³/mol. The Labute approximate surface area is 234 Å². The Morgan fingerprint density at radius 2 is 1.73 bits per heavy atom. The van der Waals surface area contributed by atoms with Crippen LogP contribution in [-0.2, 0) is 19.5 Å². The second kappa shape index (κ2) is 12.3. The molecule has 0 bridgehead atoms. The summed E-state index contributed by atoms with van der Waals surface area (Å²) in [5.74, 6) is 1.60. The van der Waals surface area contributed by atoms with Crippen LogP contribution in [0.3, 0.4) is 0 Å². The first-order chi connectivity index (χ1) is 19.4. The zero-order valence-corrected chi connectivity index (χ0v) is 23.6. The lowest BCUT2D eigenvalue weighted by Crippen LogP contribution is -2.34. The number of nitrogens with zero attached hydrogens (tertiary/aromatic N) is 5. The molecular formula is C32H36N6O2. The number of nitrogens with one attached hydrogen (secondary N) is 1. The van der Waals surface area contributed by atoms with Crippen molar-refractivity contribution in [2.45, 2.75) is 52.7 Å². The molecule has 0 aliphatic rings. The summed E-state index contributed by atoms with van der Waals surface area (Å²) in [6.45, 7) is 8.09. The number of methoxy groups -OCH3 is 1. The fourth-order valence-electron chi connectivity index (χ4n) is 5.19. The zero-order chi connectivity index (χ0) is 28.1. The van der Waals surface area contributed by atoms with Gasteiger partial charge in [-0.05, 0) is 95.1 Å². The maximum Gasteiger partial charge on any atom is 0.252 e. The average molecular weight is 537 g/mol. The van der Waals surface area contributed by atoms with Crippen LogP contribution >= 0.6 is 0 Å². The Balaban J connectivity index is 1.47. The second-order valence-corrected chi connectivity index (χ2v) is 10.3. The number of ether oxygens (including phenoxy) is 1. The van der Waals surface area contributed by atoms with Gasteiger partial charge in [-0.1, -0.05) is 49.4 Å². The third kappa shape index (κ3) is 6.13. The minimum absolute atomic E-state index is 0.0619. The minimum atomic E-state index is -0.0770. The summed E-state index contributed by atoms with van der Waals surface area (Å²) in [6.07, 6.45) is 1.64. The Morgan fingerprint density at radius 3 is 2.45 bits per heavy atom. The van der Waals surface area contributed by atoms with Gasteiger partial charge in [0.2, 0.25) is 0 Å². The van der Waals surface area contributed by atoms with Gasteiger partial charge in [0.1, 0.15) is 5.75 Å². The van der Waals surface area contributed by atoms with Crippen molar-refractivity contribution in [1.82, 2.24) is 30.1 Å². The van der Waals surface area contributed by atoms with Crippen molar-refractivity contribution in [3.8, 4) is 5.75 Å². The molecule has 2 heterocycles. The van der Waals surface area contributed by atoms with Crippen molar-refractivity contribution in [2.75, 3.05) is 13.7 Å². The van der Waals surface area contributed by atoms with Crippen molar-refractivity contribution in [2.24, 2.45) is 0 Å². The molecule has 1 atom stereocenters. The van der Waals surface area contributed by atoms with Crippen LogP contribution in [0.4, 0.5) is 0 Å². The molecule has 8 nitrogen and oxygen atoms in total. The van der Waals surface area contributed by atoms with E-state index in [1.165, 1.54) is 11.1 Å². The molecule has 0 spiro atoms. The molecule has 0 fully saturated rings. The van der Waals surface area contributed by atoms with E-state index in [1.807, 2.05) is 47.1 Å². The van der Waals surface area contributed by atoms with Gasteiger partial charge in [-0.2, -0.15) is 0 Å². The molecule has 0 saturated carbocycles. The lowest BCUT2D eigenvalue weighted by Gasteiger charge is -2.30. The van der Waals surface area contributed by atoms with E-state index in [9.17, 15) is 4.79 Å². The van der Waals surface area contributed by atoms with E-state index in [0.29, 0.717) is 13.1 Å². The van der Waals surface area contributed by atoms with Gasteiger partial charge < -0.3 is 9.72 Å². The van der Waals surface area contributed by atoms with Crippen LogP contribution in [0.5, 0.6) is 5.75 Å². The molecule has 2 aromatic heterocycles. The van der Waals surface area contributed by atoms with Crippen LogP contribution in [0.2, 0.25) is 0 Å². The Morgan fingerprint density at radius 1 is 0.975 bits per heavy atom. The topological polar surface area (TPSA) is 88.9 Å². The van der Waals surface area contributed by atoms with E-state index >= 15 is 0 Å². The van der Waals surface area contributed by atoms with Gasteiger partial charge in [0.15, 0.2) is 5.82 Å². The number of hydrogen-bond acceptors (Lipinski definition) is 6. The van der Waals surface area contributed by atoms with Crippen LogP contribution < -0.4 is 10.3 Å². The Bertz CT molecular complexity index is 1630. The van der Waals surface area contributed by atoms with Gasteiger partial charge >= 0.3 is 0 Å². The summed E-state index contributed by atoms with van der Waals surface area (Å²) < 4.78 is 7.17. The molecule has 0 amide bonds. The highest BCUT2D eigenvalue weighted by molar-refractivity contribution is 5.80. The lowest BCUT2D eigenvalue weighted by molar-refractivity contribution is 0.172. The molecule has 5 rings (SSSR count). The first-order valence-corrected chi connectivity index (χ1v) is 13.7. The molecule has 3 aromatic carbocycles. The lowest BCUT2D eigenvalue weighted by atomic mass is 10.0. The number of hydrogen-bond donors (Lipinski definition) is 1. The van der Waals surface area contributed by atoms with Crippen molar-refractivity contribution >= 4 is 10.9 Å². The number of aromatic amines is 1. The summed E-state index contributed by atoms with van der Waals surface area (Å²) >= 11 is 0. The maximum atomic E-state index is 13.3. The number of pyridine rings is 1. The smallest absolute Gasteiger partial charge is 0.252 e. The van der Waals surface area contributed by atoms with E-state index in [0.717, 1.165) is 58.6 Å².